The van der Waals surface area contributed by atoms with Crippen LogP contribution in [-0.4, -0.2) is 41.1 Å². The summed E-state index contributed by atoms with van der Waals surface area (Å²) in [6.45, 7) is 5.31. The first-order valence-corrected chi connectivity index (χ1v) is 6.50. The Labute approximate surface area is 108 Å². The summed E-state index contributed by atoms with van der Waals surface area (Å²) in [7, 11) is 4.26. The maximum Gasteiger partial charge on any atom is 0.106 e. The molecule has 4 heteroatoms. The second-order valence-corrected chi connectivity index (χ2v) is 5.24. The molecule has 1 aromatic heterocycles. The van der Waals surface area contributed by atoms with Crippen molar-refractivity contribution in [1.29, 1.82) is 0 Å². The molecular weight excluding hydrogens is 224 g/mol. The third-order valence-electron chi connectivity index (χ3n) is 3.91. The van der Waals surface area contributed by atoms with Crippen molar-refractivity contribution in [1.82, 2.24) is 19.8 Å². The number of aromatic nitrogens is 2. The monoisotopic (exact) mass is 244 g/mol. The van der Waals surface area contributed by atoms with E-state index in [4.69, 9.17) is 0 Å². The van der Waals surface area contributed by atoms with Crippen molar-refractivity contribution in [3.05, 3.63) is 29.6 Å². The van der Waals surface area contributed by atoms with Gasteiger partial charge in [-0.2, -0.15) is 0 Å². The van der Waals surface area contributed by atoms with Crippen molar-refractivity contribution in [3.8, 4) is 0 Å². The molecule has 4 nitrogen and oxygen atoms in total. The van der Waals surface area contributed by atoms with Gasteiger partial charge in [0.2, 0.25) is 0 Å². The van der Waals surface area contributed by atoms with Crippen molar-refractivity contribution >= 4 is 11.0 Å². The van der Waals surface area contributed by atoms with E-state index in [0.29, 0.717) is 6.04 Å². The number of hydrogen-bond acceptors (Lipinski definition) is 3. The average molecular weight is 244 g/mol. The van der Waals surface area contributed by atoms with E-state index < -0.39 is 0 Å². The van der Waals surface area contributed by atoms with Crippen LogP contribution in [0.1, 0.15) is 17.4 Å². The smallest absolute Gasteiger partial charge is 0.106 e. The van der Waals surface area contributed by atoms with Crippen molar-refractivity contribution in [3.63, 3.8) is 0 Å². The molecule has 96 valence electrons. The van der Waals surface area contributed by atoms with Gasteiger partial charge in [0.05, 0.1) is 11.0 Å². The molecule has 0 bridgehead atoms. The van der Waals surface area contributed by atoms with Gasteiger partial charge in [0.25, 0.3) is 0 Å². The maximum atomic E-state index is 4.55. The molecule has 1 aromatic carbocycles. The molecule has 18 heavy (non-hydrogen) atoms. The van der Waals surface area contributed by atoms with E-state index in [1.165, 1.54) is 11.1 Å². The first-order chi connectivity index (χ1) is 8.65. The van der Waals surface area contributed by atoms with E-state index in [2.05, 4.69) is 52.1 Å². The molecule has 1 saturated heterocycles. The lowest BCUT2D eigenvalue weighted by Crippen LogP contribution is -2.43. The molecule has 0 radical (unpaired) electrons. The lowest BCUT2D eigenvalue weighted by atomic mass is 10.0. The third-order valence-corrected chi connectivity index (χ3v) is 3.91. The van der Waals surface area contributed by atoms with Crippen LogP contribution in [0.15, 0.2) is 18.2 Å². The van der Waals surface area contributed by atoms with Crippen LogP contribution in [0.2, 0.25) is 0 Å². The number of fused-ring (bicyclic) bond motifs is 1. The number of rotatable bonds is 1. The van der Waals surface area contributed by atoms with Crippen molar-refractivity contribution in [2.24, 2.45) is 7.05 Å². The van der Waals surface area contributed by atoms with Crippen LogP contribution < -0.4 is 5.32 Å². The highest BCUT2D eigenvalue weighted by atomic mass is 15.2. The molecule has 1 fully saturated rings. The van der Waals surface area contributed by atoms with Gasteiger partial charge >= 0.3 is 0 Å². The summed E-state index contributed by atoms with van der Waals surface area (Å²) >= 11 is 0. The van der Waals surface area contributed by atoms with Crippen LogP contribution in [-0.2, 0) is 7.05 Å². The van der Waals surface area contributed by atoms with Crippen LogP contribution in [0.5, 0.6) is 0 Å². The molecular formula is C14H20N4. The SMILES string of the molecule is Cc1nc2ccc(C3CN(C)CCN3)cc2n1C. The Bertz CT molecular complexity index is 572. The summed E-state index contributed by atoms with van der Waals surface area (Å²) in [6.07, 6.45) is 0. The fourth-order valence-electron chi connectivity index (χ4n) is 2.66. The minimum Gasteiger partial charge on any atom is -0.331 e. The summed E-state index contributed by atoms with van der Waals surface area (Å²) in [4.78, 5) is 6.92. The summed E-state index contributed by atoms with van der Waals surface area (Å²) in [5.41, 5.74) is 3.67. The zero-order valence-corrected chi connectivity index (χ0v) is 11.3. The number of hydrogen-bond donors (Lipinski definition) is 1. The van der Waals surface area contributed by atoms with Gasteiger partial charge in [0.15, 0.2) is 0 Å². The van der Waals surface area contributed by atoms with Gasteiger partial charge in [-0.1, -0.05) is 6.07 Å². The predicted octanol–water partition coefficient (Wildman–Crippen LogP) is 1.46. The van der Waals surface area contributed by atoms with Gasteiger partial charge in [0, 0.05) is 32.7 Å². The molecule has 0 aliphatic carbocycles. The normalized spacial score (nSPS) is 21.6. The van der Waals surface area contributed by atoms with Crippen LogP contribution in [0.3, 0.4) is 0 Å². The standard InChI is InChI=1S/C14H20N4/c1-10-16-12-5-4-11(8-14(12)18(10)3)13-9-17(2)7-6-15-13/h4-5,8,13,15H,6-7,9H2,1-3H3. The molecule has 1 aliphatic heterocycles. The highest BCUT2D eigenvalue weighted by Crippen LogP contribution is 2.22. The predicted molar refractivity (Wildman–Crippen MR) is 73.7 cm³/mol. The Hall–Kier alpha value is -1.39. The van der Waals surface area contributed by atoms with Crippen LogP contribution in [0.4, 0.5) is 0 Å². The third kappa shape index (κ3) is 1.91. The first kappa shape index (κ1) is 11.7. The summed E-state index contributed by atoms with van der Waals surface area (Å²) in [5, 5.41) is 3.59. The molecule has 2 heterocycles. The van der Waals surface area contributed by atoms with Gasteiger partial charge in [-0.25, -0.2) is 4.98 Å². The Balaban J connectivity index is 1.99. The van der Waals surface area contributed by atoms with Crippen LogP contribution in [0, 0.1) is 6.92 Å². The van der Waals surface area contributed by atoms with E-state index in [1.54, 1.807) is 0 Å². The van der Waals surface area contributed by atoms with Gasteiger partial charge in [0.1, 0.15) is 5.82 Å². The molecule has 0 saturated carbocycles. The molecule has 0 amide bonds. The molecule has 3 rings (SSSR count). The fourth-order valence-corrected chi connectivity index (χ4v) is 2.66. The zero-order valence-electron chi connectivity index (χ0n) is 11.3. The minimum atomic E-state index is 0.434. The Morgan fingerprint density at radius 1 is 1.33 bits per heavy atom. The van der Waals surface area contributed by atoms with Crippen molar-refractivity contribution in [2.45, 2.75) is 13.0 Å². The lowest BCUT2D eigenvalue weighted by molar-refractivity contribution is 0.241. The summed E-state index contributed by atoms with van der Waals surface area (Å²) in [6, 6.07) is 7.04. The van der Waals surface area contributed by atoms with E-state index in [-0.39, 0.29) is 0 Å². The average Bonchev–Trinajstić information content (AvgIpc) is 2.65. The van der Waals surface area contributed by atoms with Gasteiger partial charge in [-0.15, -0.1) is 0 Å². The summed E-state index contributed by atoms with van der Waals surface area (Å²) in [5.74, 6) is 1.07. The molecule has 0 spiro atoms. The van der Waals surface area contributed by atoms with Gasteiger partial charge in [-0.05, 0) is 31.7 Å². The Kier molecular flexibility index (Phi) is 2.84. The zero-order chi connectivity index (χ0) is 12.7. The largest absolute Gasteiger partial charge is 0.331 e. The maximum absolute atomic E-state index is 4.55. The van der Waals surface area contributed by atoms with E-state index in [1.807, 2.05) is 6.92 Å². The molecule has 1 unspecified atom stereocenters. The molecule has 1 aliphatic rings. The quantitative estimate of drug-likeness (QED) is 0.824. The number of aryl methyl sites for hydroxylation is 2. The van der Waals surface area contributed by atoms with Crippen molar-refractivity contribution < 1.29 is 0 Å². The lowest BCUT2D eigenvalue weighted by Gasteiger charge is -2.31. The van der Waals surface area contributed by atoms with E-state index >= 15 is 0 Å². The Morgan fingerprint density at radius 2 is 2.17 bits per heavy atom. The number of nitrogens with zero attached hydrogens (tertiary/aromatic N) is 3. The topological polar surface area (TPSA) is 33.1 Å². The second-order valence-electron chi connectivity index (χ2n) is 5.24. The number of nitrogens with one attached hydrogen (secondary N) is 1. The molecule has 1 N–H and O–H groups in total. The molecule has 2 aromatic rings. The van der Waals surface area contributed by atoms with Crippen molar-refractivity contribution in [2.75, 3.05) is 26.7 Å². The number of likely N-dealkylation sites (N-methyl/N-ethyl adjacent to an activating group) is 1. The van der Waals surface area contributed by atoms with E-state index in [0.717, 1.165) is 31.0 Å². The van der Waals surface area contributed by atoms with Gasteiger partial charge in [-0.3, -0.25) is 0 Å². The van der Waals surface area contributed by atoms with Gasteiger partial charge < -0.3 is 14.8 Å². The second kappa shape index (κ2) is 4.37. The number of benzene rings is 1. The highest BCUT2D eigenvalue weighted by Gasteiger charge is 2.18. The first-order valence-electron chi connectivity index (χ1n) is 6.50. The Morgan fingerprint density at radius 3 is 2.94 bits per heavy atom. The minimum absolute atomic E-state index is 0.434. The highest BCUT2D eigenvalue weighted by molar-refractivity contribution is 5.77. The van der Waals surface area contributed by atoms with Crippen LogP contribution in [0.25, 0.3) is 11.0 Å². The van der Waals surface area contributed by atoms with E-state index in [9.17, 15) is 0 Å². The number of piperazine rings is 1. The van der Waals surface area contributed by atoms with Crippen LogP contribution >= 0.6 is 0 Å². The fraction of sp³-hybridized carbons (Fsp3) is 0.500. The molecule has 1 atom stereocenters. The number of imidazole rings is 1. The summed E-state index contributed by atoms with van der Waals surface area (Å²) < 4.78 is 2.16.